The van der Waals surface area contributed by atoms with Crippen LogP contribution in [0.5, 0.6) is 0 Å². The molecule has 6 nitrogen and oxygen atoms in total. The Bertz CT molecular complexity index is 3400. The summed E-state index contributed by atoms with van der Waals surface area (Å²) in [7, 11) is 0. The van der Waals surface area contributed by atoms with E-state index in [4.69, 9.17) is 19.4 Å². The lowest BCUT2D eigenvalue weighted by Crippen LogP contribution is -2.00. The van der Waals surface area contributed by atoms with Gasteiger partial charge in [-0.25, -0.2) is 15.0 Å². The molecule has 0 saturated heterocycles. The number of fused-ring (bicyclic) bond motifs is 10. The molecule has 0 aliphatic carbocycles. The average Bonchev–Trinajstić information content (AvgIpc) is 3.94. The molecule has 0 N–H and O–H groups in total. The summed E-state index contributed by atoms with van der Waals surface area (Å²) in [6.45, 7) is 0. The first-order valence-electron chi connectivity index (χ1n) is 19.1. The topological polar surface area (TPSA) is 61.7 Å². The fourth-order valence-corrected chi connectivity index (χ4v) is 8.70. The van der Waals surface area contributed by atoms with Crippen LogP contribution in [0.25, 0.3) is 111 Å². The van der Waals surface area contributed by atoms with Gasteiger partial charge in [-0.05, 0) is 66.7 Å². The molecule has 12 aromatic rings. The van der Waals surface area contributed by atoms with Crippen molar-refractivity contribution >= 4 is 65.6 Å². The van der Waals surface area contributed by atoms with Crippen molar-refractivity contribution < 1.29 is 4.42 Å². The molecule has 0 aliphatic rings. The lowest BCUT2D eigenvalue weighted by molar-refractivity contribution is 0.669. The van der Waals surface area contributed by atoms with Gasteiger partial charge in [-0.15, -0.1) is 0 Å². The number of nitrogens with zero attached hydrogens (tertiary/aromatic N) is 5. The zero-order valence-corrected chi connectivity index (χ0v) is 30.5. The van der Waals surface area contributed by atoms with Gasteiger partial charge in [-0.1, -0.05) is 121 Å². The maximum absolute atomic E-state index is 6.78. The van der Waals surface area contributed by atoms with E-state index < -0.39 is 0 Å². The van der Waals surface area contributed by atoms with E-state index in [1.165, 1.54) is 10.8 Å². The molecule has 0 amide bonds. The molecule has 4 aromatic heterocycles. The third-order valence-corrected chi connectivity index (χ3v) is 11.2. The van der Waals surface area contributed by atoms with E-state index in [9.17, 15) is 0 Å². The average molecular weight is 730 g/mol. The number of benzene rings is 8. The fourth-order valence-electron chi connectivity index (χ4n) is 8.70. The molecule has 0 bridgehead atoms. The Morgan fingerprint density at radius 1 is 0.333 bits per heavy atom. The number of hydrogen-bond donors (Lipinski definition) is 0. The number of rotatable bonds is 5. The van der Waals surface area contributed by atoms with Crippen molar-refractivity contribution in [3.05, 3.63) is 188 Å². The second-order valence-electron chi connectivity index (χ2n) is 14.4. The first-order chi connectivity index (χ1) is 28.3. The highest BCUT2D eigenvalue weighted by Crippen LogP contribution is 2.45. The highest BCUT2D eigenvalue weighted by molar-refractivity contribution is 6.29. The number of hydrogen-bond acceptors (Lipinski definition) is 4. The van der Waals surface area contributed by atoms with Crippen LogP contribution in [-0.4, -0.2) is 24.1 Å². The third-order valence-electron chi connectivity index (χ3n) is 11.2. The summed E-state index contributed by atoms with van der Waals surface area (Å²) in [5.74, 6) is 1.87. The van der Waals surface area contributed by atoms with Crippen LogP contribution in [0.3, 0.4) is 0 Å². The summed E-state index contributed by atoms with van der Waals surface area (Å²) in [5, 5.41) is 6.77. The van der Waals surface area contributed by atoms with E-state index in [1.54, 1.807) is 0 Å². The standard InChI is InChI=1S/C51H31N5O/c1-4-15-32(16-5-1)49-52-50(33-17-6-2-7-18-33)54-51(53-49)34-27-28-41-38(31-34)46-43(55(41)35-19-8-3-9-20-35)29-30-45-48(46)47-42(25-14-26-44(47)57-45)56-39-23-12-10-21-36(39)37-22-11-13-24-40(37)56/h1-31H. The van der Waals surface area contributed by atoms with Gasteiger partial charge in [0.1, 0.15) is 11.2 Å². The number of para-hydroxylation sites is 3. The molecule has 0 radical (unpaired) electrons. The minimum atomic E-state index is 0.611. The minimum Gasteiger partial charge on any atom is -0.456 e. The summed E-state index contributed by atoms with van der Waals surface area (Å²) in [5.41, 5.74) is 11.1. The zero-order chi connectivity index (χ0) is 37.5. The summed E-state index contributed by atoms with van der Waals surface area (Å²) in [6.07, 6.45) is 0. The molecule has 0 saturated carbocycles. The summed E-state index contributed by atoms with van der Waals surface area (Å²) in [6, 6.07) is 65.4. The van der Waals surface area contributed by atoms with E-state index in [2.05, 4.69) is 137 Å². The molecule has 0 atom stereocenters. The molecule has 12 rings (SSSR count). The van der Waals surface area contributed by atoms with Gasteiger partial charge in [0.2, 0.25) is 0 Å². The number of furan rings is 1. The number of aromatic nitrogens is 5. The Morgan fingerprint density at radius 2 is 0.860 bits per heavy atom. The fraction of sp³-hybridized carbons (Fsp3) is 0. The monoisotopic (exact) mass is 729 g/mol. The second kappa shape index (κ2) is 12.3. The van der Waals surface area contributed by atoms with E-state index in [0.29, 0.717) is 17.5 Å². The molecule has 0 aliphatic heterocycles. The molecular weight excluding hydrogens is 699 g/mol. The van der Waals surface area contributed by atoms with Crippen LogP contribution in [0.15, 0.2) is 192 Å². The zero-order valence-electron chi connectivity index (χ0n) is 30.5. The molecular formula is C51H31N5O. The van der Waals surface area contributed by atoms with E-state index in [0.717, 1.165) is 82.8 Å². The van der Waals surface area contributed by atoms with Gasteiger partial charge < -0.3 is 13.6 Å². The smallest absolute Gasteiger partial charge is 0.164 e. The van der Waals surface area contributed by atoms with E-state index in [-0.39, 0.29) is 0 Å². The van der Waals surface area contributed by atoms with Crippen LogP contribution in [0.1, 0.15) is 0 Å². The first kappa shape index (κ1) is 31.5. The first-order valence-corrected chi connectivity index (χ1v) is 19.1. The van der Waals surface area contributed by atoms with Crippen molar-refractivity contribution in [2.24, 2.45) is 0 Å². The van der Waals surface area contributed by atoms with Gasteiger partial charge in [0.15, 0.2) is 17.5 Å². The van der Waals surface area contributed by atoms with Crippen LogP contribution in [0.4, 0.5) is 0 Å². The normalized spacial score (nSPS) is 11.9. The Hall–Kier alpha value is -7.83. The Balaban J connectivity index is 1.20. The van der Waals surface area contributed by atoms with Crippen molar-refractivity contribution in [2.75, 3.05) is 0 Å². The summed E-state index contributed by atoms with van der Waals surface area (Å²) in [4.78, 5) is 15.2. The van der Waals surface area contributed by atoms with Crippen LogP contribution >= 0.6 is 0 Å². The van der Waals surface area contributed by atoms with Crippen LogP contribution in [-0.2, 0) is 0 Å². The lowest BCUT2D eigenvalue weighted by atomic mass is 10.0. The largest absolute Gasteiger partial charge is 0.456 e. The highest BCUT2D eigenvalue weighted by atomic mass is 16.3. The predicted octanol–water partition coefficient (Wildman–Crippen LogP) is 13.0. The van der Waals surface area contributed by atoms with Crippen LogP contribution < -0.4 is 0 Å². The van der Waals surface area contributed by atoms with Gasteiger partial charge in [-0.3, -0.25) is 0 Å². The van der Waals surface area contributed by atoms with E-state index >= 15 is 0 Å². The van der Waals surface area contributed by atoms with Gasteiger partial charge in [0.25, 0.3) is 0 Å². The van der Waals surface area contributed by atoms with Gasteiger partial charge >= 0.3 is 0 Å². The van der Waals surface area contributed by atoms with Gasteiger partial charge in [-0.2, -0.15) is 0 Å². The summed E-state index contributed by atoms with van der Waals surface area (Å²) < 4.78 is 11.5. The van der Waals surface area contributed by atoms with Crippen molar-refractivity contribution in [3.8, 4) is 45.5 Å². The molecule has 6 heteroatoms. The Morgan fingerprint density at radius 3 is 1.51 bits per heavy atom. The molecule has 0 unspecified atom stereocenters. The lowest BCUT2D eigenvalue weighted by Gasteiger charge is -2.10. The Labute approximate surface area is 326 Å². The maximum atomic E-state index is 6.78. The predicted molar refractivity (Wildman–Crippen MR) is 232 cm³/mol. The quantitative estimate of drug-likeness (QED) is 0.177. The van der Waals surface area contributed by atoms with Crippen molar-refractivity contribution in [1.29, 1.82) is 0 Å². The second-order valence-corrected chi connectivity index (χ2v) is 14.4. The van der Waals surface area contributed by atoms with Gasteiger partial charge in [0, 0.05) is 49.3 Å². The summed E-state index contributed by atoms with van der Waals surface area (Å²) >= 11 is 0. The molecule has 4 heterocycles. The molecule has 57 heavy (non-hydrogen) atoms. The van der Waals surface area contributed by atoms with Gasteiger partial charge in [0.05, 0.1) is 33.1 Å². The molecule has 8 aromatic carbocycles. The molecule has 266 valence electrons. The maximum Gasteiger partial charge on any atom is 0.164 e. The van der Waals surface area contributed by atoms with Crippen molar-refractivity contribution in [1.82, 2.24) is 24.1 Å². The van der Waals surface area contributed by atoms with Crippen LogP contribution in [0, 0.1) is 0 Å². The highest BCUT2D eigenvalue weighted by Gasteiger charge is 2.23. The van der Waals surface area contributed by atoms with Crippen molar-refractivity contribution in [3.63, 3.8) is 0 Å². The molecule has 0 spiro atoms. The van der Waals surface area contributed by atoms with Crippen LogP contribution in [0.2, 0.25) is 0 Å². The van der Waals surface area contributed by atoms with E-state index in [1.807, 2.05) is 60.7 Å². The SMILES string of the molecule is c1ccc(-c2nc(-c3ccccc3)nc(-c3ccc4c(c3)c3c5c(ccc3n4-c3ccccc3)oc3cccc(-n4c6ccccc6c6ccccc64)c35)n2)cc1. The van der Waals surface area contributed by atoms with Crippen molar-refractivity contribution in [2.45, 2.75) is 0 Å². The third kappa shape index (κ3) is 4.81. The molecule has 0 fully saturated rings. The minimum absolute atomic E-state index is 0.611. The Kier molecular flexibility index (Phi) is 6.83.